The van der Waals surface area contributed by atoms with Gasteiger partial charge in [-0.05, 0) is 62.8 Å². The van der Waals surface area contributed by atoms with Gasteiger partial charge in [-0.1, -0.05) is 0 Å². The quantitative estimate of drug-likeness (QED) is 0.682. The predicted octanol–water partition coefficient (Wildman–Crippen LogP) is 2.80. The van der Waals surface area contributed by atoms with Gasteiger partial charge in [-0.3, -0.25) is 9.10 Å². The fraction of sp³-hybridized carbons (Fsp3) is 0.682. The Bertz CT molecular complexity index is 1010. The SMILES string of the molecule is CC1N(S(C)(=O)=O)c2ccc(C(F)(F)F)cc2CNC(=O)[C@]12CC[C@@H](NC1CCOCC1)C2. The first-order valence-electron chi connectivity index (χ1n) is 11.2. The standard InChI is InChI=1S/C22H30F3N3O4S/c1-14-21(8-5-18(12-21)27-17-6-9-32-10-7-17)20(29)26-13-15-11-16(22(23,24)25)3-4-19(15)28(14)33(2,30)31/h3-4,11,14,17-18,27H,5-10,12-13H2,1-2H3,(H,26,29)/t14?,18-,21+/m1/s1. The summed E-state index contributed by atoms with van der Waals surface area (Å²) in [6, 6.07) is 2.60. The smallest absolute Gasteiger partial charge is 0.381 e. The highest BCUT2D eigenvalue weighted by Crippen LogP contribution is 2.47. The summed E-state index contributed by atoms with van der Waals surface area (Å²) < 4.78 is 72.1. The number of anilines is 1. The summed E-state index contributed by atoms with van der Waals surface area (Å²) in [5.41, 5.74) is -1.56. The van der Waals surface area contributed by atoms with Crippen LogP contribution in [0.3, 0.4) is 0 Å². The lowest BCUT2D eigenvalue weighted by molar-refractivity contribution is -0.137. The minimum atomic E-state index is -4.57. The van der Waals surface area contributed by atoms with E-state index in [1.165, 1.54) is 6.07 Å². The van der Waals surface area contributed by atoms with Crippen LogP contribution in [0.5, 0.6) is 0 Å². The molecule has 2 aliphatic heterocycles. The van der Waals surface area contributed by atoms with E-state index in [2.05, 4.69) is 10.6 Å². The number of hydrogen-bond acceptors (Lipinski definition) is 5. The number of nitrogens with one attached hydrogen (secondary N) is 2. The van der Waals surface area contributed by atoms with E-state index in [0.717, 1.165) is 35.5 Å². The van der Waals surface area contributed by atoms with Crippen LogP contribution in [-0.4, -0.2) is 51.9 Å². The lowest BCUT2D eigenvalue weighted by Gasteiger charge is -2.43. The monoisotopic (exact) mass is 489 g/mol. The second-order valence-electron chi connectivity index (χ2n) is 9.41. The molecule has 0 radical (unpaired) electrons. The molecule has 1 aromatic carbocycles. The third-order valence-corrected chi connectivity index (χ3v) is 8.51. The van der Waals surface area contributed by atoms with Gasteiger partial charge < -0.3 is 15.4 Å². The van der Waals surface area contributed by atoms with Crippen molar-refractivity contribution in [2.24, 2.45) is 5.41 Å². The van der Waals surface area contributed by atoms with Crippen LogP contribution >= 0.6 is 0 Å². The minimum absolute atomic E-state index is 0.0502. The predicted molar refractivity (Wildman–Crippen MR) is 117 cm³/mol. The number of nitrogens with zero attached hydrogens (tertiary/aromatic N) is 1. The Balaban J connectivity index is 1.69. The Morgan fingerprint density at radius 2 is 1.88 bits per heavy atom. The van der Waals surface area contributed by atoms with Crippen molar-refractivity contribution in [3.63, 3.8) is 0 Å². The molecule has 1 saturated heterocycles. The molecule has 1 unspecified atom stereocenters. The highest BCUT2D eigenvalue weighted by Gasteiger charge is 2.53. The number of benzene rings is 1. The molecule has 11 heteroatoms. The molecule has 1 amide bonds. The number of hydrogen-bond donors (Lipinski definition) is 2. The summed E-state index contributed by atoms with van der Waals surface area (Å²) in [4.78, 5) is 13.4. The van der Waals surface area contributed by atoms with E-state index in [1.807, 2.05) is 0 Å². The molecule has 3 atom stereocenters. The van der Waals surface area contributed by atoms with E-state index in [0.29, 0.717) is 38.5 Å². The molecule has 7 nitrogen and oxygen atoms in total. The lowest BCUT2D eigenvalue weighted by Crippen LogP contribution is -2.57. The number of sulfonamides is 1. The van der Waals surface area contributed by atoms with Gasteiger partial charge in [-0.25, -0.2) is 8.42 Å². The molecule has 1 aromatic rings. The van der Waals surface area contributed by atoms with E-state index in [9.17, 15) is 26.4 Å². The van der Waals surface area contributed by atoms with Gasteiger partial charge in [-0.15, -0.1) is 0 Å². The molecule has 1 spiro atoms. The summed E-state index contributed by atoms with van der Waals surface area (Å²) >= 11 is 0. The van der Waals surface area contributed by atoms with Crippen LogP contribution in [-0.2, 0) is 32.3 Å². The van der Waals surface area contributed by atoms with Crippen molar-refractivity contribution < 1.29 is 31.1 Å². The number of ether oxygens (including phenoxy) is 1. The van der Waals surface area contributed by atoms with Crippen molar-refractivity contribution in [1.82, 2.24) is 10.6 Å². The molecule has 2 heterocycles. The first-order chi connectivity index (χ1) is 15.4. The summed E-state index contributed by atoms with van der Waals surface area (Å²) in [6.45, 7) is 2.89. The second-order valence-corrected chi connectivity index (χ2v) is 11.3. The highest BCUT2D eigenvalue weighted by molar-refractivity contribution is 7.92. The summed E-state index contributed by atoms with van der Waals surface area (Å²) in [5, 5.41) is 6.41. The van der Waals surface area contributed by atoms with E-state index >= 15 is 0 Å². The third kappa shape index (κ3) is 4.72. The molecule has 0 aromatic heterocycles. The average molecular weight is 490 g/mol. The van der Waals surface area contributed by atoms with Gasteiger partial charge in [-0.2, -0.15) is 13.2 Å². The van der Waals surface area contributed by atoms with E-state index in [1.54, 1.807) is 6.92 Å². The maximum atomic E-state index is 13.4. The number of halogens is 3. The van der Waals surface area contributed by atoms with Crippen molar-refractivity contribution in [3.8, 4) is 0 Å². The molecular weight excluding hydrogens is 459 g/mol. The molecule has 1 aliphatic carbocycles. The van der Waals surface area contributed by atoms with E-state index in [-0.39, 0.29) is 29.7 Å². The topological polar surface area (TPSA) is 87.7 Å². The Kier molecular flexibility index (Phi) is 6.43. The second kappa shape index (κ2) is 8.74. The third-order valence-electron chi connectivity index (χ3n) is 7.29. The van der Waals surface area contributed by atoms with Gasteiger partial charge in [0.15, 0.2) is 0 Å². The number of carbonyl (C=O) groups is 1. The van der Waals surface area contributed by atoms with Crippen LogP contribution in [0.1, 0.15) is 50.2 Å². The zero-order valence-electron chi connectivity index (χ0n) is 18.7. The van der Waals surface area contributed by atoms with Crippen LogP contribution in [0.25, 0.3) is 0 Å². The largest absolute Gasteiger partial charge is 0.416 e. The van der Waals surface area contributed by atoms with Crippen molar-refractivity contribution in [2.45, 2.75) is 69.9 Å². The Hall–Kier alpha value is -1.85. The number of carbonyl (C=O) groups excluding carboxylic acids is 1. The van der Waals surface area contributed by atoms with E-state index < -0.39 is 33.2 Å². The number of fused-ring (bicyclic) bond motifs is 1. The number of amides is 1. The Morgan fingerprint density at radius 1 is 1.18 bits per heavy atom. The van der Waals surface area contributed by atoms with Crippen LogP contribution in [0.2, 0.25) is 0 Å². The molecule has 33 heavy (non-hydrogen) atoms. The molecule has 2 fully saturated rings. The molecule has 4 rings (SSSR count). The van der Waals surface area contributed by atoms with Crippen molar-refractivity contribution in [2.75, 3.05) is 23.8 Å². The molecular formula is C22H30F3N3O4S. The van der Waals surface area contributed by atoms with Gasteiger partial charge in [0.25, 0.3) is 0 Å². The van der Waals surface area contributed by atoms with Gasteiger partial charge >= 0.3 is 6.18 Å². The van der Waals surface area contributed by atoms with Crippen LogP contribution in [0.4, 0.5) is 18.9 Å². The zero-order valence-corrected chi connectivity index (χ0v) is 19.6. The molecule has 2 N–H and O–H groups in total. The highest BCUT2D eigenvalue weighted by atomic mass is 32.2. The van der Waals surface area contributed by atoms with Gasteiger partial charge in [0.05, 0.1) is 29.0 Å². The first-order valence-corrected chi connectivity index (χ1v) is 13.1. The normalized spacial score (nSPS) is 29.5. The maximum absolute atomic E-state index is 13.4. The summed E-state index contributed by atoms with van der Waals surface area (Å²) in [7, 11) is -3.87. The van der Waals surface area contributed by atoms with Gasteiger partial charge in [0, 0.05) is 31.8 Å². The van der Waals surface area contributed by atoms with Gasteiger partial charge in [0.1, 0.15) is 0 Å². The lowest BCUT2D eigenvalue weighted by atomic mass is 9.77. The number of alkyl halides is 3. The fourth-order valence-corrected chi connectivity index (χ4v) is 6.87. The van der Waals surface area contributed by atoms with Gasteiger partial charge in [0.2, 0.25) is 15.9 Å². The number of rotatable bonds is 3. The van der Waals surface area contributed by atoms with Crippen molar-refractivity contribution in [1.29, 1.82) is 0 Å². The maximum Gasteiger partial charge on any atom is 0.416 e. The molecule has 1 saturated carbocycles. The Labute approximate surface area is 192 Å². The summed E-state index contributed by atoms with van der Waals surface area (Å²) in [5.74, 6) is -0.317. The molecule has 184 valence electrons. The summed E-state index contributed by atoms with van der Waals surface area (Å²) in [6.07, 6.45) is -0.108. The van der Waals surface area contributed by atoms with E-state index in [4.69, 9.17) is 4.74 Å². The Morgan fingerprint density at radius 3 is 2.52 bits per heavy atom. The van der Waals surface area contributed by atoms with Crippen LogP contribution < -0.4 is 14.9 Å². The first kappa shape index (κ1) is 24.3. The van der Waals surface area contributed by atoms with Crippen molar-refractivity contribution in [3.05, 3.63) is 29.3 Å². The molecule has 3 aliphatic rings. The van der Waals surface area contributed by atoms with Crippen molar-refractivity contribution >= 4 is 21.6 Å². The van der Waals surface area contributed by atoms with Crippen LogP contribution in [0.15, 0.2) is 18.2 Å². The molecule has 0 bridgehead atoms. The van der Waals surface area contributed by atoms with Crippen LogP contribution in [0, 0.1) is 5.41 Å². The fourth-order valence-electron chi connectivity index (χ4n) is 5.56. The zero-order chi connectivity index (χ0) is 24.0. The average Bonchev–Trinajstić information content (AvgIpc) is 3.16. The minimum Gasteiger partial charge on any atom is -0.381 e.